The zero-order valence-corrected chi connectivity index (χ0v) is 13.0. The number of nitrogens with one attached hydrogen (secondary N) is 1. The number of nitrogens with zero attached hydrogens (tertiary/aromatic N) is 4. The molecule has 4 rings (SSSR count). The molecule has 0 radical (unpaired) electrons. The Morgan fingerprint density at radius 1 is 1.25 bits per heavy atom. The van der Waals surface area contributed by atoms with Gasteiger partial charge in [0.15, 0.2) is 11.5 Å². The van der Waals surface area contributed by atoms with E-state index in [4.69, 9.17) is 11.5 Å². The molecule has 0 amide bonds. The summed E-state index contributed by atoms with van der Waals surface area (Å²) in [5.41, 5.74) is 17.2. The highest BCUT2D eigenvalue weighted by atomic mass is 15.1. The molecule has 0 fully saturated rings. The Hall–Kier alpha value is -3.19. The lowest BCUT2D eigenvalue weighted by Gasteiger charge is -2.10. The first-order chi connectivity index (χ1) is 11.7. The molecular weight excluding hydrogens is 302 g/mol. The second-order valence-corrected chi connectivity index (χ2v) is 5.60. The standard InChI is InChI=1S/C17H17N7/c1-2-10-3-4-11-5-12(6-18)23-14(11)13(10)7-24-9-22-15-16(19)20-8-21-17(15)24/h2-5,8-9,23H,1,6-7,18H2,(H2,19,20,21). The van der Waals surface area contributed by atoms with E-state index in [2.05, 4.69) is 44.7 Å². The van der Waals surface area contributed by atoms with Gasteiger partial charge in [-0.25, -0.2) is 15.0 Å². The highest BCUT2D eigenvalue weighted by Crippen LogP contribution is 2.26. The maximum atomic E-state index is 5.87. The first-order valence-electron chi connectivity index (χ1n) is 7.58. The van der Waals surface area contributed by atoms with Crippen LogP contribution in [0, 0.1) is 0 Å². The summed E-state index contributed by atoms with van der Waals surface area (Å²) in [6, 6.07) is 6.19. The van der Waals surface area contributed by atoms with Gasteiger partial charge in [0.05, 0.1) is 18.4 Å². The molecule has 4 aromatic rings. The molecule has 0 saturated carbocycles. The van der Waals surface area contributed by atoms with Crippen LogP contribution in [0.25, 0.3) is 28.1 Å². The van der Waals surface area contributed by atoms with E-state index in [0.717, 1.165) is 27.7 Å². The van der Waals surface area contributed by atoms with E-state index in [-0.39, 0.29) is 0 Å². The van der Waals surface area contributed by atoms with Gasteiger partial charge in [0.1, 0.15) is 11.8 Å². The van der Waals surface area contributed by atoms with Crippen molar-refractivity contribution in [3.8, 4) is 0 Å². The van der Waals surface area contributed by atoms with Gasteiger partial charge in [-0.2, -0.15) is 0 Å². The van der Waals surface area contributed by atoms with Crippen molar-refractivity contribution in [1.29, 1.82) is 0 Å². The number of anilines is 1. The lowest BCUT2D eigenvalue weighted by atomic mass is 10.0. The summed E-state index contributed by atoms with van der Waals surface area (Å²) in [6.07, 6.45) is 5.03. The molecular formula is C17H17N7. The third-order valence-electron chi connectivity index (χ3n) is 4.19. The Labute approximate surface area is 138 Å². The van der Waals surface area contributed by atoms with E-state index >= 15 is 0 Å². The number of hydrogen-bond acceptors (Lipinski definition) is 5. The highest BCUT2D eigenvalue weighted by molar-refractivity contribution is 5.87. The van der Waals surface area contributed by atoms with Crippen LogP contribution in [0.1, 0.15) is 16.8 Å². The van der Waals surface area contributed by atoms with Gasteiger partial charge >= 0.3 is 0 Å². The number of H-pyrrole nitrogens is 1. The van der Waals surface area contributed by atoms with Crippen molar-refractivity contribution < 1.29 is 0 Å². The SMILES string of the molecule is C=Cc1ccc2cc(CN)[nH]c2c1Cn1cnc2c(N)ncnc21. The molecule has 3 aromatic heterocycles. The van der Waals surface area contributed by atoms with E-state index in [1.807, 2.05) is 10.6 Å². The van der Waals surface area contributed by atoms with Crippen LogP contribution in [-0.4, -0.2) is 24.5 Å². The zero-order valence-electron chi connectivity index (χ0n) is 13.0. The Bertz CT molecular complexity index is 1060. The fourth-order valence-corrected chi connectivity index (χ4v) is 2.99. The summed E-state index contributed by atoms with van der Waals surface area (Å²) in [6.45, 7) is 4.98. The van der Waals surface area contributed by atoms with E-state index < -0.39 is 0 Å². The number of imidazole rings is 1. The van der Waals surface area contributed by atoms with Crippen molar-refractivity contribution in [1.82, 2.24) is 24.5 Å². The van der Waals surface area contributed by atoms with Crippen LogP contribution in [0.3, 0.4) is 0 Å². The fraction of sp³-hybridized carbons (Fsp3) is 0.118. The first-order valence-corrected chi connectivity index (χ1v) is 7.58. The minimum atomic E-state index is 0.381. The van der Waals surface area contributed by atoms with Gasteiger partial charge in [0, 0.05) is 23.2 Å². The smallest absolute Gasteiger partial charge is 0.165 e. The summed E-state index contributed by atoms with van der Waals surface area (Å²) in [7, 11) is 0. The van der Waals surface area contributed by atoms with Crippen LogP contribution in [-0.2, 0) is 13.1 Å². The molecule has 0 aliphatic rings. The molecule has 7 heteroatoms. The van der Waals surface area contributed by atoms with Gasteiger partial charge < -0.3 is 21.0 Å². The summed E-state index contributed by atoms with van der Waals surface area (Å²) < 4.78 is 1.96. The molecule has 0 spiro atoms. The van der Waals surface area contributed by atoms with Crippen molar-refractivity contribution >= 4 is 34.0 Å². The second kappa shape index (κ2) is 5.47. The van der Waals surface area contributed by atoms with Crippen LogP contribution in [0.2, 0.25) is 0 Å². The van der Waals surface area contributed by atoms with Gasteiger partial charge in [0.25, 0.3) is 0 Å². The average molecular weight is 319 g/mol. The zero-order chi connectivity index (χ0) is 16.7. The van der Waals surface area contributed by atoms with Gasteiger partial charge in [-0.05, 0) is 11.6 Å². The summed E-state index contributed by atoms with van der Waals surface area (Å²) >= 11 is 0. The molecule has 0 bridgehead atoms. The predicted molar refractivity (Wildman–Crippen MR) is 95.1 cm³/mol. The number of aromatic amines is 1. The molecule has 0 aliphatic carbocycles. The summed E-state index contributed by atoms with van der Waals surface area (Å²) in [4.78, 5) is 16.0. The van der Waals surface area contributed by atoms with Crippen molar-refractivity contribution in [3.05, 3.63) is 54.3 Å². The molecule has 24 heavy (non-hydrogen) atoms. The summed E-state index contributed by atoms with van der Waals surface area (Å²) in [5, 5.41) is 1.12. The number of rotatable bonds is 4. The first kappa shape index (κ1) is 14.4. The molecule has 3 heterocycles. The number of benzene rings is 1. The molecule has 0 unspecified atom stereocenters. The van der Waals surface area contributed by atoms with E-state index in [9.17, 15) is 0 Å². The largest absolute Gasteiger partial charge is 0.382 e. The number of nitrogen functional groups attached to an aromatic ring is 1. The Morgan fingerprint density at radius 2 is 2.12 bits per heavy atom. The normalized spacial score (nSPS) is 11.4. The number of hydrogen-bond donors (Lipinski definition) is 3. The average Bonchev–Trinajstić information content (AvgIpc) is 3.20. The number of fused-ring (bicyclic) bond motifs is 2. The molecule has 0 atom stereocenters. The van der Waals surface area contributed by atoms with E-state index in [0.29, 0.717) is 30.1 Å². The highest BCUT2D eigenvalue weighted by Gasteiger charge is 2.13. The topological polar surface area (TPSA) is 111 Å². The Balaban J connectivity index is 1.90. The van der Waals surface area contributed by atoms with Crippen LogP contribution in [0.15, 0.2) is 37.4 Å². The van der Waals surface area contributed by atoms with E-state index in [1.165, 1.54) is 6.33 Å². The molecule has 7 nitrogen and oxygen atoms in total. The molecule has 0 aliphatic heterocycles. The number of nitrogens with two attached hydrogens (primary N) is 2. The number of aromatic nitrogens is 5. The quantitative estimate of drug-likeness (QED) is 0.533. The van der Waals surface area contributed by atoms with Gasteiger partial charge in [-0.15, -0.1) is 0 Å². The molecule has 5 N–H and O–H groups in total. The molecule has 120 valence electrons. The fourth-order valence-electron chi connectivity index (χ4n) is 2.99. The van der Waals surface area contributed by atoms with Crippen molar-refractivity contribution in [3.63, 3.8) is 0 Å². The third kappa shape index (κ3) is 2.14. The van der Waals surface area contributed by atoms with Crippen LogP contribution < -0.4 is 11.5 Å². The summed E-state index contributed by atoms with van der Waals surface area (Å²) in [5.74, 6) is 0.381. The monoisotopic (exact) mass is 319 g/mol. The van der Waals surface area contributed by atoms with Crippen LogP contribution in [0.4, 0.5) is 5.82 Å². The van der Waals surface area contributed by atoms with Crippen molar-refractivity contribution in [2.75, 3.05) is 5.73 Å². The third-order valence-corrected chi connectivity index (χ3v) is 4.19. The van der Waals surface area contributed by atoms with Crippen molar-refractivity contribution in [2.24, 2.45) is 5.73 Å². The maximum Gasteiger partial charge on any atom is 0.165 e. The lowest BCUT2D eigenvalue weighted by Crippen LogP contribution is -2.03. The predicted octanol–water partition coefficient (Wildman–Crippen LogP) is 2.04. The van der Waals surface area contributed by atoms with Gasteiger partial charge in [-0.3, -0.25) is 0 Å². The maximum absolute atomic E-state index is 5.87. The Morgan fingerprint density at radius 3 is 2.92 bits per heavy atom. The van der Waals surface area contributed by atoms with Crippen LogP contribution >= 0.6 is 0 Å². The Kier molecular flexibility index (Phi) is 3.28. The van der Waals surface area contributed by atoms with Gasteiger partial charge in [0.2, 0.25) is 0 Å². The van der Waals surface area contributed by atoms with Crippen molar-refractivity contribution in [2.45, 2.75) is 13.1 Å². The molecule has 0 saturated heterocycles. The lowest BCUT2D eigenvalue weighted by molar-refractivity contribution is 0.815. The van der Waals surface area contributed by atoms with Gasteiger partial charge in [-0.1, -0.05) is 24.8 Å². The minimum absolute atomic E-state index is 0.381. The second-order valence-electron chi connectivity index (χ2n) is 5.60. The van der Waals surface area contributed by atoms with Crippen LogP contribution in [0.5, 0.6) is 0 Å². The molecule has 1 aromatic carbocycles. The minimum Gasteiger partial charge on any atom is -0.382 e. The van der Waals surface area contributed by atoms with E-state index in [1.54, 1.807) is 6.33 Å².